The van der Waals surface area contributed by atoms with Crippen LogP contribution in [0.2, 0.25) is 0 Å². The van der Waals surface area contributed by atoms with Gasteiger partial charge in [0.2, 0.25) is 15.9 Å². The zero-order chi connectivity index (χ0) is 23.9. The summed E-state index contributed by atoms with van der Waals surface area (Å²) in [7, 11) is -2.17. The molecule has 0 aliphatic carbocycles. The van der Waals surface area contributed by atoms with Crippen molar-refractivity contribution >= 4 is 27.5 Å². The van der Waals surface area contributed by atoms with Gasteiger partial charge in [0.1, 0.15) is 11.8 Å². The Balaban J connectivity index is 2.22. The van der Waals surface area contributed by atoms with E-state index >= 15 is 0 Å². The van der Waals surface area contributed by atoms with Crippen molar-refractivity contribution < 1.29 is 22.7 Å². The molecule has 0 aliphatic rings. The number of carbonyl (C=O) groups excluding carboxylic acids is 2. The van der Waals surface area contributed by atoms with Crippen molar-refractivity contribution in [3.63, 3.8) is 0 Å². The molecule has 0 bridgehead atoms. The molecule has 8 nitrogen and oxygen atoms in total. The lowest BCUT2D eigenvalue weighted by Crippen LogP contribution is -2.47. The van der Waals surface area contributed by atoms with Crippen molar-refractivity contribution in [1.82, 2.24) is 9.62 Å². The van der Waals surface area contributed by atoms with Gasteiger partial charge < -0.3 is 15.4 Å². The molecule has 2 rings (SSSR count). The molecule has 2 N–H and O–H groups in total. The van der Waals surface area contributed by atoms with Gasteiger partial charge in [0, 0.05) is 30.4 Å². The topological polar surface area (TPSA) is 105 Å². The first-order chi connectivity index (χ1) is 15.1. The van der Waals surface area contributed by atoms with Gasteiger partial charge in [0.05, 0.1) is 12.0 Å². The normalized spacial score (nSPS) is 12.5. The predicted molar refractivity (Wildman–Crippen MR) is 124 cm³/mol. The standard InChI is InChI=1S/C23H31N3O5S/c1-6-26(7-2)32(29,30)20-13-8-10-17(14-20)22(27)25-21(16(3)4)23(28)24-18-11-9-12-19(15-18)31-5/h8-16,21H,6-7H2,1-5H3,(H,24,28)(H,25,27)/t21-/m0/s1. The van der Waals surface area contributed by atoms with Crippen LogP contribution in [0.25, 0.3) is 0 Å². The third-order valence-electron chi connectivity index (χ3n) is 5.01. The fourth-order valence-corrected chi connectivity index (χ4v) is 4.70. The minimum absolute atomic E-state index is 0.0378. The Hall–Kier alpha value is -2.91. The van der Waals surface area contributed by atoms with Gasteiger partial charge in [0.25, 0.3) is 5.91 Å². The minimum atomic E-state index is -3.70. The summed E-state index contributed by atoms with van der Waals surface area (Å²) in [6.45, 7) is 7.80. The maximum Gasteiger partial charge on any atom is 0.251 e. The van der Waals surface area contributed by atoms with E-state index in [0.29, 0.717) is 24.5 Å². The first-order valence-electron chi connectivity index (χ1n) is 10.5. The number of carbonyl (C=O) groups is 2. The highest BCUT2D eigenvalue weighted by molar-refractivity contribution is 7.89. The number of hydrogen-bond acceptors (Lipinski definition) is 5. The molecule has 1 atom stereocenters. The first-order valence-corrected chi connectivity index (χ1v) is 11.9. The SMILES string of the molecule is CCN(CC)S(=O)(=O)c1cccc(C(=O)N[C@H](C(=O)Nc2cccc(OC)c2)C(C)C)c1. The molecule has 0 heterocycles. The van der Waals surface area contributed by atoms with Crippen LogP contribution in [0.1, 0.15) is 38.1 Å². The lowest BCUT2D eigenvalue weighted by Gasteiger charge is -2.22. The molecule has 0 radical (unpaired) electrons. The Morgan fingerprint density at radius 3 is 2.28 bits per heavy atom. The second-order valence-corrected chi connectivity index (χ2v) is 9.47. The molecule has 0 spiro atoms. The van der Waals surface area contributed by atoms with Gasteiger partial charge >= 0.3 is 0 Å². The highest BCUT2D eigenvalue weighted by Gasteiger charge is 2.26. The summed E-state index contributed by atoms with van der Waals surface area (Å²) in [5.41, 5.74) is 0.708. The molecular weight excluding hydrogens is 430 g/mol. The number of nitrogens with zero attached hydrogens (tertiary/aromatic N) is 1. The van der Waals surface area contributed by atoms with E-state index in [-0.39, 0.29) is 22.3 Å². The van der Waals surface area contributed by atoms with E-state index in [0.717, 1.165) is 0 Å². The number of benzene rings is 2. The molecule has 0 saturated heterocycles. The fourth-order valence-electron chi connectivity index (χ4n) is 3.19. The lowest BCUT2D eigenvalue weighted by atomic mass is 10.0. The van der Waals surface area contributed by atoms with Crippen LogP contribution in [-0.4, -0.2) is 50.8 Å². The summed E-state index contributed by atoms with van der Waals surface area (Å²) in [6, 6.07) is 11.9. The summed E-state index contributed by atoms with van der Waals surface area (Å²) in [4.78, 5) is 25.8. The van der Waals surface area contributed by atoms with Gasteiger partial charge in [-0.05, 0) is 36.2 Å². The monoisotopic (exact) mass is 461 g/mol. The Labute approximate surface area is 190 Å². The lowest BCUT2D eigenvalue weighted by molar-refractivity contribution is -0.118. The van der Waals surface area contributed by atoms with Crippen molar-refractivity contribution in [2.45, 2.75) is 38.6 Å². The number of nitrogens with one attached hydrogen (secondary N) is 2. The van der Waals surface area contributed by atoms with Crippen LogP contribution in [0, 0.1) is 5.92 Å². The number of hydrogen-bond donors (Lipinski definition) is 2. The minimum Gasteiger partial charge on any atom is -0.497 e. The Bertz CT molecular complexity index is 1050. The van der Waals surface area contributed by atoms with E-state index in [1.165, 1.54) is 35.7 Å². The van der Waals surface area contributed by atoms with Crippen molar-refractivity contribution in [2.75, 3.05) is 25.5 Å². The van der Waals surface area contributed by atoms with E-state index in [9.17, 15) is 18.0 Å². The number of amides is 2. The van der Waals surface area contributed by atoms with E-state index < -0.39 is 22.0 Å². The fraction of sp³-hybridized carbons (Fsp3) is 0.391. The largest absolute Gasteiger partial charge is 0.497 e. The molecule has 9 heteroatoms. The molecule has 32 heavy (non-hydrogen) atoms. The summed E-state index contributed by atoms with van der Waals surface area (Å²) in [5, 5.41) is 5.51. The number of rotatable bonds is 10. The van der Waals surface area contributed by atoms with Crippen LogP contribution in [-0.2, 0) is 14.8 Å². The molecule has 2 aromatic rings. The van der Waals surface area contributed by atoms with Crippen LogP contribution >= 0.6 is 0 Å². The molecule has 2 aromatic carbocycles. The van der Waals surface area contributed by atoms with Gasteiger partial charge in [-0.1, -0.05) is 39.8 Å². The second-order valence-electron chi connectivity index (χ2n) is 7.53. The van der Waals surface area contributed by atoms with Gasteiger partial charge in [-0.3, -0.25) is 9.59 Å². The maximum absolute atomic E-state index is 12.9. The average molecular weight is 462 g/mol. The summed E-state index contributed by atoms with van der Waals surface area (Å²) >= 11 is 0. The maximum atomic E-state index is 12.9. The number of methoxy groups -OCH3 is 1. The quantitative estimate of drug-likeness (QED) is 0.566. The van der Waals surface area contributed by atoms with Crippen LogP contribution in [0.15, 0.2) is 53.4 Å². The number of anilines is 1. The van der Waals surface area contributed by atoms with E-state index in [1.54, 1.807) is 38.1 Å². The number of sulfonamides is 1. The van der Waals surface area contributed by atoms with Crippen molar-refractivity contribution in [3.05, 3.63) is 54.1 Å². The molecule has 0 unspecified atom stereocenters. The van der Waals surface area contributed by atoms with Gasteiger partial charge in [-0.2, -0.15) is 4.31 Å². The van der Waals surface area contributed by atoms with Gasteiger partial charge in [-0.25, -0.2) is 8.42 Å². The molecule has 0 fully saturated rings. The summed E-state index contributed by atoms with van der Waals surface area (Å²) in [5.74, 6) is -0.513. The van der Waals surface area contributed by atoms with Gasteiger partial charge in [-0.15, -0.1) is 0 Å². The van der Waals surface area contributed by atoms with Crippen LogP contribution < -0.4 is 15.4 Å². The Morgan fingerprint density at radius 1 is 1.03 bits per heavy atom. The van der Waals surface area contributed by atoms with Crippen LogP contribution in [0.5, 0.6) is 5.75 Å². The molecular formula is C23H31N3O5S. The van der Waals surface area contributed by atoms with E-state index in [4.69, 9.17) is 4.74 Å². The average Bonchev–Trinajstić information content (AvgIpc) is 2.77. The second kappa shape index (κ2) is 11.1. The first kappa shape index (κ1) is 25.4. The highest BCUT2D eigenvalue weighted by atomic mass is 32.2. The van der Waals surface area contributed by atoms with E-state index in [2.05, 4.69) is 10.6 Å². The molecule has 0 saturated carbocycles. The highest BCUT2D eigenvalue weighted by Crippen LogP contribution is 2.19. The van der Waals surface area contributed by atoms with Crippen molar-refractivity contribution in [2.24, 2.45) is 5.92 Å². The third-order valence-corrected chi connectivity index (χ3v) is 7.06. The van der Waals surface area contributed by atoms with Gasteiger partial charge in [0.15, 0.2) is 0 Å². The summed E-state index contributed by atoms with van der Waals surface area (Å²) in [6.07, 6.45) is 0. The molecule has 2 amide bonds. The molecule has 0 aliphatic heterocycles. The predicted octanol–water partition coefficient (Wildman–Crippen LogP) is 3.12. The smallest absolute Gasteiger partial charge is 0.251 e. The van der Waals surface area contributed by atoms with Crippen molar-refractivity contribution in [1.29, 1.82) is 0 Å². The molecule has 174 valence electrons. The number of ether oxygens (including phenoxy) is 1. The Morgan fingerprint density at radius 2 is 1.69 bits per heavy atom. The van der Waals surface area contributed by atoms with E-state index in [1.807, 2.05) is 13.8 Å². The zero-order valence-electron chi connectivity index (χ0n) is 19.1. The third kappa shape index (κ3) is 6.08. The zero-order valence-corrected chi connectivity index (χ0v) is 19.9. The summed E-state index contributed by atoms with van der Waals surface area (Å²) < 4.78 is 32.1. The molecule has 0 aromatic heterocycles. The van der Waals surface area contributed by atoms with Crippen molar-refractivity contribution in [3.8, 4) is 5.75 Å². The van der Waals surface area contributed by atoms with Crippen LogP contribution in [0.3, 0.4) is 0 Å². The van der Waals surface area contributed by atoms with Crippen LogP contribution in [0.4, 0.5) is 5.69 Å². The Kier molecular flexibility index (Phi) is 8.80.